The van der Waals surface area contributed by atoms with Crippen molar-refractivity contribution in [3.63, 3.8) is 0 Å². The van der Waals surface area contributed by atoms with Gasteiger partial charge in [0.25, 0.3) is 0 Å². The summed E-state index contributed by atoms with van der Waals surface area (Å²) in [5.74, 6) is -0.240. The molecule has 0 unspecified atom stereocenters. The minimum atomic E-state index is -0.275. The Hall–Kier alpha value is -0.350. The van der Waals surface area contributed by atoms with E-state index in [0.29, 0.717) is 14.9 Å². The van der Waals surface area contributed by atoms with Crippen molar-refractivity contribution in [2.24, 2.45) is 0 Å². The molecule has 1 nitrogen and oxygen atoms in total. The van der Waals surface area contributed by atoms with Crippen molar-refractivity contribution in [1.29, 1.82) is 0 Å². The average Bonchev–Trinajstić information content (AvgIpc) is 2.01. The van der Waals surface area contributed by atoms with Gasteiger partial charge in [-0.25, -0.2) is 4.39 Å². The van der Waals surface area contributed by atoms with E-state index in [4.69, 9.17) is 0 Å². The summed E-state index contributed by atoms with van der Waals surface area (Å²) in [6.45, 7) is 1.49. The molecule has 1 rings (SSSR count). The molecule has 0 atom stereocenters. The molecule has 0 radical (unpaired) electrons. The van der Waals surface area contributed by atoms with Gasteiger partial charge < -0.3 is 0 Å². The van der Waals surface area contributed by atoms with E-state index in [0.717, 1.165) is 0 Å². The number of ketones is 1. The summed E-state index contributed by atoms with van der Waals surface area (Å²) in [5, 5.41) is 0. The van der Waals surface area contributed by atoms with Crippen molar-refractivity contribution in [3.05, 3.63) is 28.0 Å². The molecule has 14 heavy (non-hydrogen) atoms. The van der Waals surface area contributed by atoms with E-state index in [9.17, 15) is 9.18 Å². The van der Waals surface area contributed by atoms with Gasteiger partial charge in [0.15, 0.2) is 0 Å². The molecule has 0 aliphatic heterocycles. The number of rotatable bonds is 3. The number of Topliss-reactive ketones (excluding diaryl/α,β-unsaturated/α-hetero) is 1. The standard InChI is InChI=1S/C10H10BrFOS/c1-6(13)3-7-4-8(11)10(14-2)9(12)5-7/h4-5H,3H2,1-2H3. The molecule has 0 saturated carbocycles. The van der Waals surface area contributed by atoms with Gasteiger partial charge >= 0.3 is 0 Å². The molecule has 0 heterocycles. The molecule has 0 fully saturated rings. The van der Waals surface area contributed by atoms with E-state index < -0.39 is 0 Å². The fraction of sp³-hybridized carbons (Fsp3) is 0.300. The van der Waals surface area contributed by atoms with Gasteiger partial charge in [-0.2, -0.15) is 0 Å². The lowest BCUT2D eigenvalue weighted by atomic mass is 10.1. The average molecular weight is 277 g/mol. The lowest BCUT2D eigenvalue weighted by Crippen LogP contribution is -1.97. The van der Waals surface area contributed by atoms with Crippen LogP contribution in [0.5, 0.6) is 0 Å². The van der Waals surface area contributed by atoms with Crippen molar-refractivity contribution in [3.8, 4) is 0 Å². The summed E-state index contributed by atoms with van der Waals surface area (Å²) in [7, 11) is 0. The maximum atomic E-state index is 13.4. The highest BCUT2D eigenvalue weighted by molar-refractivity contribution is 9.10. The highest BCUT2D eigenvalue weighted by atomic mass is 79.9. The molecule has 1 aromatic rings. The lowest BCUT2D eigenvalue weighted by Gasteiger charge is -2.05. The van der Waals surface area contributed by atoms with Gasteiger partial charge in [0.2, 0.25) is 0 Å². The SMILES string of the molecule is CSc1c(F)cc(CC(C)=O)cc1Br. The van der Waals surface area contributed by atoms with Gasteiger partial charge in [-0.15, -0.1) is 11.8 Å². The highest BCUT2D eigenvalue weighted by Crippen LogP contribution is 2.29. The topological polar surface area (TPSA) is 17.1 Å². The second-order valence-corrected chi connectivity index (χ2v) is 4.64. The molecule has 76 valence electrons. The Morgan fingerprint density at radius 3 is 2.64 bits per heavy atom. The van der Waals surface area contributed by atoms with Crippen molar-refractivity contribution >= 4 is 33.5 Å². The third-order valence-corrected chi connectivity index (χ3v) is 3.43. The summed E-state index contributed by atoms with van der Waals surface area (Å²) in [6.07, 6.45) is 2.10. The molecule has 0 amide bonds. The van der Waals surface area contributed by atoms with Gasteiger partial charge in [-0.05, 0) is 46.8 Å². The van der Waals surface area contributed by atoms with E-state index in [1.54, 1.807) is 6.07 Å². The molecule has 0 spiro atoms. The van der Waals surface area contributed by atoms with Crippen LogP contribution in [0.2, 0.25) is 0 Å². The van der Waals surface area contributed by atoms with Crippen molar-refractivity contribution < 1.29 is 9.18 Å². The quantitative estimate of drug-likeness (QED) is 0.787. The summed E-state index contributed by atoms with van der Waals surface area (Å²) in [4.78, 5) is 11.4. The van der Waals surface area contributed by atoms with E-state index in [1.165, 1.54) is 24.8 Å². The predicted molar refractivity (Wildman–Crippen MR) is 60.3 cm³/mol. The zero-order chi connectivity index (χ0) is 10.7. The summed E-state index contributed by atoms with van der Waals surface area (Å²) >= 11 is 4.62. The van der Waals surface area contributed by atoms with Crippen LogP contribution in [0.15, 0.2) is 21.5 Å². The van der Waals surface area contributed by atoms with E-state index in [1.807, 2.05) is 6.26 Å². The molecule has 1 aromatic carbocycles. The van der Waals surface area contributed by atoms with Crippen LogP contribution in [0.4, 0.5) is 4.39 Å². The van der Waals surface area contributed by atoms with Crippen LogP contribution in [-0.2, 0) is 11.2 Å². The largest absolute Gasteiger partial charge is 0.300 e. The van der Waals surface area contributed by atoms with Crippen LogP contribution in [0.3, 0.4) is 0 Å². The molecule has 0 bridgehead atoms. The zero-order valence-corrected chi connectivity index (χ0v) is 10.3. The van der Waals surface area contributed by atoms with Gasteiger partial charge in [0, 0.05) is 10.9 Å². The smallest absolute Gasteiger partial charge is 0.138 e. The van der Waals surface area contributed by atoms with Crippen LogP contribution in [0.25, 0.3) is 0 Å². The van der Waals surface area contributed by atoms with E-state index >= 15 is 0 Å². The summed E-state index contributed by atoms with van der Waals surface area (Å²) in [5.41, 5.74) is 0.708. The molecule has 4 heteroatoms. The van der Waals surface area contributed by atoms with E-state index in [-0.39, 0.29) is 18.0 Å². The highest BCUT2D eigenvalue weighted by Gasteiger charge is 2.09. The number of carbonyl (C=O) groups excluding carboxylic acids is 1. The summed E-state index contributed by atoms with van der Waals surface area (Å²) in [6, 6.07) is 3.20. The molecule has 0 aromatic heterocycles. The molecular formula is C10H10BrFOS. The monoisotopic (exact) mass is 276 g/mol. The first-order chi connectivity index (χ1) is 6.54. The van der Waals surface area contributed by atoms with Crippen LogP contribution in [0.1, 0.15) is 12.5 Å². The fourth-order valence-corrected chi connectivity index (χ4v) is 2.67. The number of halogens is 2. The van der Waals surface area contributed by atoms with Gasteiger partial charge in [0.1, 0.15) is 11.6 Å². The normalized spacial score (nSPS) is 10.3. The van der Waals surface area contributed by atoms with E-state index in [2.05, 4.69) is 15.9 Å². The Morgan fingerprint density at radius 2 is 2.21 bits per heavy atom. The maximum Gasteiger partial charge on any atom is 0.138 e. The Labute approximate surface area is 95.2 Å². The van der Waals surface area contributed by atoms with Crippen LogP contribution >= 0.6 is 27.7 Å². The Balaban J connectivity index is 3.07. The number of hydrogen-bond acceptors (Lipinski definition) is 2. The third-order valence-electron chi connectivity index (χ3n) is 1.72. The minimum absolute atomic E-state index is 0.0354. The summed E-state index contributed by atoms with van der Waals surface area (Å²) < 4.78 is 14.1. The molecular weight excluding hydrogens is 267 g/mol. The van der Waals surface area contributed by atoms with Crippen LogP contribution < -0.4 is 0 Å². The Bertz CT molecular complexity index is 342. The van der Waals surface area contributed by atoms with Gasteiger partial charge in [-0.3, -0.25) is 4.79 Å². The minimum Gasteiger partial charge on any atom is -0.300 e. The Morgan fingerprint density at radius 1 is 1.57 bits per heavy atom. The van der Waals surface area contributed by atoms with Gasteiger partial charge in [0.05, 0.1) is 4.90 Å². The van der Waals surface area contributed by atoms with Crippen molar-refractivity contribution in [2.45, 2.75) is 18.2 Å². The first-order valence-corrected chi connectivity index (χ1v) is 6.07. The zero-order valence-electron chi connectivity index (χ0n) is 7.93. The first-order valence-electron chi connectivity index (χ1n) is 4.06. The molecule has 0 aliphatic carbocycles. The number of carbonyl (C=O) groups is 1. The van der Waals surface area contributed by atoms with Crippen LogP contribution in [-0.4, -0.2) is 12.0 Å². The maximum absolute atomic E-state index is 13.4. The number of thioether (sulfide) groups is 1. The van der Waals surface area contributed by atoms with Gasteiger partial charge in [-0.1, -0.05) is 0 Å². The second-order valence-electron chi connectivity index (χ2n) is 2.97. The lowest BCUT2D eigenvalue weighted by molar-refractivity contribution is -0.116. The van der Waals surface area contributed by atoms with Crippen molar-refractivity contribution in [2.75, 3.05) is 6.26 Å². The third kappa shape index (κ3) is 2.82. The number of benzene rings is 1. The first kappa shape index (κ1) is 11.7. The number of hydrogen-bond donors (Lipinski definition) is 0. The van der Waals surface area contributed by atoms with Crippen molar-refractivity contribution in [1.82, 2.24) is 0 Å². The molecule has 0 aliphatic rings. The molecule has 0 saturated heterocycles. The predicted octanol–water partition coefficient (Wildman–Crippen LogP) is 3.44. The van der Waals surface area contributed by atoms with Crippen LogP contribution in [0, 0.1) is 5.82 Å². The second kappa shape index (κ2) is 4.94. The molecule has 0 N–H and O–H groups in total. The fourth-order valence-electron chi connectivity index (χ4n) is 1.20. The Kier molecular flexibility index (Phi) is 4.13.